The first-order valence-corrected chi connectivity index (χ1v) is 20.2. The third-order valence-corrected chi connectivity index (χ3v) is 11.9. The normalized spacial score (nSPS) is 11.7. The first kappa shape index (κ1) is 33.3. The summed E-state index contributed by atoms with van der Waals surface area (Å²) in [6.45, 7) is 0. The number of hydrogen-bond donors (Lipinski definition) is 0. The van der Waals surface area contributed by atoms with Crippen molar-refractivity contribution >= 4 is 82.4 Å². The van der Waals surface area contributed by atoms with Gasteiger partial charge < -0.3 is 13.9 Å². The maximum atomic E-state index is 6.30. The summed E-state index contributed by atoms with van der Waals surface area (Å²) in [4.78, 5) is 2.38. The molecule has 10 aromatic carbocycles. The maximum absolute atomic E-state index is 6.30. The first-order chi connectivity index (χ1) is 29.3. The van der Waals surface area contributed by atoms with Crippen LogP contribution in [0.2, 0.25) is 0 Å². The van der Waals surface area contributed by atoms with Gasteiger partial charge in [0, 0.05) is 44.3 Å². The van der Waals surface area contributed by atoms with E-state index in [0.717, 1.165) is 50.3 Å². The average Bonchev–Trinajstić information content (AvgIpc) is 3.85. The molecule has 0 bridgehead atoms. The standard InChI is InChI=1S/C56H36N2O/c1-2-14-37(15-3-1)40-19-10-20-41(34-40)57(44-31-33-54-50(36-44)48-25-8-9-29-53(48)59-54)42-21-12-22-43(35-42)58-51-28-13-27-49(47-26-11-18-38-16-4-6-23-45(38)47)56(51)55-46-24-7-5-17-39(46)30-32-52(55)58/h1-36H. The number of anilines is 3. The molecule has 2 heterocycles. The Kier molecular flexibility index (Phi) is 7.54. The number of para-hydroxylation sites is 1. The van der Waals surface area contributed by atoms with E-state index in [1.807, 2.05) is 12.1 Å². The van der Waals surface area contributed by atoms with Crippen molar-refractivity contribution in [3.05, 3.63) is 218 Å². The highest BCUT2D eigenvalue weighted by Crippen LogP contribution is 2.45. The molecule has 0 aliphatic carbocycles. The molecule has 0 spiro atoms. The Labute approximate surface area is 341 Å². The SMILES string of the molecule is c1ccc(-c2cccc(N(c3cccc(-n4c5cccc(-c6cccc7ccccc67)c5c5c6ccccc6ccc54)c3)c3ccc4oc5ccccc5c4c3)c2)cc1. The molecular weight excluding hydrogens is 717 g/mol. The fraction of sp³-hybridized carbons (Fsp3) is 0. The Morgan fingerprint density at radius 3 is 1.83 bits per heavy atom. The number of aromatic nitrogens is 1. The summed E-state index contributed by atoms with van der Waals surface area (Å²) in [6, 6.07) is 78.8. The molecule has 59 heavy (non-hydrogen) atoms. The van der Waals surface area contributed by atoms with Crippen LogP contribution in [-0.2, 0) is 0 Å². The quantitative estimate of drug-likeness (QED) is 0.169. The van der Waals surface area contributed by atoms with Gasteiger partial charge >= 0.3 is 0 Å². The van der Waals surface area contributed by atoms with Gasteiger partial charge in [-0.05, 0) is 111 Å². The molecule has 2 aromatic heterocycles. The molecule has 0 fully saturated rings. The van der Waals surface area contributed by atoms with Crippen LogP contribution < -0.4 is 4.90 Å². The van der Waals surface area contributed by atoms with Gasteiger partial charge in [0.15, 0.2) is 0 Å². The van der Waals surface area contributed by atoms with Crippen LogP contribution >= 0.6 is 0 Å². The summed E-state index contributed by atoms with van der Waals surface area (Å²) in [6.07, 6.45) is 0. The zero-order chi connectivity index (χ0) is 38.9. The molecule has 276 valence electrons. The highest BCUT2D eigenvalue weighted by Gasteiger charge is 2.21. The predicted octanol–water partition coefficient (Wildman–Crippen LogP) is 15.8. The third kappa shape index (κ3) is 5.36. The number of fused-ring (bicyclic) bond motifs is 9. The average molecular weight is 753 g/mol. The van der Waals surface area contributed by atoms with Crippen molar-refractivity contribution in [3.63, 3.8) is 0 Å². The molecule has 3 heteroatoms. The van der Waals surface area contributed by atoms with Crippen molar-refractivity contribution in [3.8, 4) is 27.9 Å². The molecule has 12 aromatic rings. The van der Waals surface area contributed by atoms with Gasteiger partial charge in [0.25, 0.3) is 0 Å². The van der Waals surface area contributed by atoms with Gasteiger partial charge in [0.2, 0.25) is 0 Å². The van der Waals surface area contributed by atoms with Crippen molar-refractivity contribution < 1.29 is 4.42 Å². The maximum Gasteiger partial charge on any atom is 0.135 e. The number of benzene rings is 10. The molecular formula is C56H36N2O. The van der Waals surface area contributed by atoms with Crippen molar-refractivity contribution in [1.82, 2.24) is 4.57 Å². The summed E-state index contributed by atoms with van der Waals surface area (Å²) >= 11 is 0. The minimum Gasteiger partial charge on any atom is -0.456 e. The lowest BCUT2D eigenvalue weighted by Gasteiger charge is -2.27. The summed E-state index contributed by atoms with van der Waals surface area (Å²) in [5.41, 5.74) is 13.2. The number of rotatable bonds is 6. The lowest BCUT2D eigenvalue weighted by atomic mass is 9.93. The fourth-order valence-electron chi connectivity index (χ4n) is 9.32. The van der Waals surface area contributed by atoms with Crippen LogP contribution in [0.1, 0.15) is 0 Å². The minimum atomic E-state index is 0.876. The van der Waals surface area contributed by atoms with Crippen LogP contribution in [0.15, 0.2) is 223 Å². The molecule has 0 radical (unpaired) electrons. The van der Waals surface area contributed by atoms with Crippen LogP contribution in [-0.4, -0.2) is 4.57 Å². The van der Waals surface area contributed by atoms with Crippen LogP contribution in [0, 0.1) is 0 Å². The van der Waals surface area contributed by atoms with Crippen molar-refractivity contribution in [1.29, 1.82) is 0 Å². The lowest BCUT2D eigenvalue weighted by Crippen LogP contribution is -2.10. The van der Waals surface area contributed by atoms with E-state index >= 15 is 0 Å². The zero-order valence-electron chi connectivity index (χ0n) is 32.1. The van der Waals surface area contributed by atoms with Gasteiger partial charge in [-0.25, -0.2) is 0 Å². The van der Waals surface area contributed by atoms with E-state index in [-0.39, 0.29) is 0 Å². The molecule has 0 saturated heterocycles. The largest absolute Gasteiger partial charge is 0.456 e. The topological polar surface area (TPSA) is 21.3 Å². The molecule has 0 amide bonds. The second kappa shape index (κ2) is 13.4. The molecule has 0 N–H and O–H groups in total. The van der Waals surface area contributed by atoms with Gasteiger partial charge in [-0.1, -0.05) is 152 Å². The second-order valence-electron chi connectivity index (χ2n) is 15.3. The van der Waals surface area contributed by atoms with Gasteiger partial charge in [0.05, 0.1) is 11.0 Å². The molecule has 3 nitrogen and oxygen atoms in total. The highest BCUT2D eigenvalue weighted by atomic mass is 16.3. The minimum absolute atomic E-state index is 0.876. The Morgan fingerprint density at radius 2 is 0.949 bits per heavy atom. The molecule has 0 aliphatic rings. The van der Waals surface area contributed by atoms with Crippen LogP contribution in [0.5, 0.6) is 0 Å². The van der Waals surface area contributed by atoms with E-state index in [2.05, 4.69) is 216 Å². The smallest absolute Gasteiger partial charge is 0.135 e. The van der Waals surface area contributed by atoms with Gasteiger partial charge in [0.1, 0.15) is 11.2 Å². The molecule has 0 aliphatic heterocycles. The van der Waals surface area contributed by atoms with E-state index in [9.17, 15) is 0 Å². The third-order valence-electron chi connectivity index (χ3n) is 11.9. The van der Waals surface area contributed by atoms with E-state index in [0.29, 0.717) is 0 Å². The molecule has 0 unspecified atom stereocenters. The molecule has 0 atom stereocenters. The Balaban J connectivity index is 1.12. The summed E-state index contributed by atoms with van der Waals surface area (Å²) < 4.78 is 8.76. The summed E-state index contributed by atoms with van der Waals surface area (Å²) in [5, 5.41) is 9.68. The van der Waals surface area contributed by atoms with E-state index in [4.69, 9.17) is 4.42 Å². The van der Waals surface area contributed by atoms with E-state index in [1.54, 1.807) is 0 Å². The highest BCUT2D eigenvalue weighted by molar-refractivity contribution is 6.26. The number of furan rings is 1. The Hall–Kier alpha value is -7.88. The number of nitrogens with zero attached hydrogens (tertiary/aromatic N) is 2. The first-order valence-electron chi connectivity index (χ1n) is 20.2. The van der Waals surface area contributed by atoms with Gasteiger partial charge in [-0.15, -0.1) is 0 Å². The predicted molar refractivity (Wildman–Crippen MR) is 249 cm³/mol. The van der Waals surface area contributed by atoms with Crippen molar-refractivity contribution in [2.24, 2.45) is 0 Å². The van der Waals surface area contributed by atoms with Crippen molar-refractivity contribution in [2.75, 3.05) is 4.90 Å². The molecule has 0 saturated carbocycles. The lowest BCUT2D eigenvalue weighted by molar-refractivity contribution is 0.669. The van der Waals surface area contributed by atoms with Crippen LogP contribution in [0.3, 0.4) is 0 Å². The van der Waals surface area contributed by atoms with E-state index in [1.165, 1.54) is 60.0 Å². The van der Waals surface area contributed by atoms with Gasteiger partial charge in [-0.3, -0.25) is 0 Å². The van der Waals surface area contributed by atoms with E-state index < -0.39 is 0 Å². The Bertz CT molecular complexity index is 3570. The van der Waals surface area contributed by atoms with Crippen molar-refractivity contribution in [2.45, 2.75) is 0 Å². The summed E-state index contributed by atoms with van der Waals surface area (Å²) in [7, 11) is 0. The zero-order valence-corrected chi connectivity index (χ0v) is 32.1. The van der Waals surface area contributed by atoms with Gasteiger partial charge in [-0.2, -0.15) is 0 Å². The van der Waals surface area contributed by atoms with Crippen LogP contribution in [0.4, 0.5) is 17.1 Å². The second-order valence-corrected chi connectivity index (χ2v) is 15.3. The fourth-order valence-corrected chi connectivity index (χ4v) is 9.32. The van der Waals surface area contributed by atoms with Crippen LogP contribution in [0.25, 0.3) is 93.2 Å². The monoisotopic (exact) mass is 752 g/mol. The molecule has 12 rings (SSSR count). The number of hydrogen-bond acceptors (Lipinski definition) is 2. The Morgan fingerprint density at radius 1 is 0.339 bits per heavy atom. The summed E-state index contributed by atoms with van der Waals surface area (Å²) in [5.74, 6) is 0.